The second kappa shape index (κ2) is 5.05. The first-order valence-electron chi connectivity index (χ1n) is 4.60. The summed E-state index contributed by atoms with van der Waals surface area (Å²) in [5, 5.41) is 0.788. The van der Waals surface area contributed by atoms with Crippen molar-refractivity contribution in [3.63, 3.8) is 0 Å². The van der Waals surface area contributed by atoms with Crippen LogP contribution in [0.1, 0.15) is 5.69 Å². The molecule has 2 rings (SSSR count). The molecule has 16 heavy (non-hydrogen) atoms. The van der Waals surface area contributed by atoms with E-state index in [1.54, 1.807) is 12.4 Å². The van der Waals surface area contributed by atoms with Crippen LogP contribution in [0.15, 0.2) is 52.6 Å². The van der Waals surface area contributed by atoms with Gasteiger partial charge in [-0.1, -0.05) is 42.2 Å². The summed E-state index contributed by atoms with van der Waals surface area (Å²) in [5.41, 5.74) is 6.05. The van der Waals surface area contributed by atoms with Crippen LogP contribution in [0.3, 0.4) is 0 Å². The standard InChI is InChI=1S/C11H9N3S2/c12-11(15)9-6-13-7-10(14-9)16-8-4-2-1-3-5-8/h1-7H,(H2,12,15). The van der Waals surface area contributed by atoms with Crippen molar-refractivity contribution in [3.8, 4) is 0 Å². The molecule has 1 heterocycles. The van der Waals surface area contributed by atoms with E-state index in [9.17, 15) is 0 Å². The van der Waals surface area contributed by atoms with Gasteiger partial charge in [-0.15, -0.1) is 0 Å². The largest absolute Gasteiger partial charge is 0.388 e. The monoisotopic (exact) mass is 247 g/mol. The number of benzene rings is 1. The Balaban J connectivity index is 2.22. The molecule has 1 aromatic heterocycles. The summed E-state index contributed by atoms with van der Waals surface area (Å²) >= 11 is 6.38. The minimum Gasteiger partial charge on any atom is -0.388 e. The van der Waals surface area contributed by atoms with Crippen LogP contribution in [0.4, 0.5) is 0 Å². The Kier molecular flexibility index (Phi) is 3.48. The van der Waals surface area contributed by atoms with Gasteiger partial charge in [-0.05, 0) is 12.1 Å². The average Bonchev–Trinajstić information content (AvgIpc) is 2.30. The fourth-order valence-corrected chi connectivity index (χ4v) is 2.02. The quantitative estimate of drug-likeness (QED) is 0.843. The zero-order valence-electron chi connectivity index (χ0n) is 8.33. The molecule has 0 radical (unpaired) electrons. The molecule has 2 N–H and O–H groups in total. The molecule has 0 fully saturated rings. The third kappa shape index (κ3) is 2.77. The van der Waals surface area contributed by atoms with Gasteiger partial charge in [0, 0.05) is 4.90 Å². The van der Waals surface area contributed by atoms with E-state index in [-0.39, 0.29) is 4.99 Å². The van der Waals surface area contributed by atoms with Crippen molar-refractivity contribution in [2.45, 2.75) is 9.92 Å². The summed E-state index contributed by atoms with van der Waals surface area (Å²) in [6, 6.07) is 9.96. The average molecular weight is 247 g/mol. The Morgan fingerprint density at radius 3 is 2.62 bits per heavy atom. The number of hydrogen-bond acceptors (Lipinski definition) is 4. The molecule has 80 valence electrons. The van der Waals surface area contributed by atoms with E-state index in [2.05, 4.69) is 9.97 Å². The van der Waals surface area contributed by atoms with Gasteiger partial charge in [0.05, 0.1) is 12.4 Å². The summed E-state index contributed by atoms with van der Waals surface area (Å²) in [6.45, 7) is 0. The van der Waals surface area contributed by atoms with Crippen LogP contribution in [0.25, 0.3) is 0 Å². The zero-order chi connectivity index (χ0) is 11.4. The number of hydrogen-bond donors (Lipinski definition) is 1. The van der Waals surface area contributed by atoms with Crippen molar-refractivity contribution in [3.05, 3.63) is 48.4 Å². The van der Waals surface area contributed by atoms with Gasteiger partial charge in [-0.2, -0.15) is 0 Å². The predicted molar refractivity (Wildman–Crippen MR) is 68.5 cm³/mol. The van der Waals surface area contributed by atoms with Crippen molar-refractivity contribution >= 4 is 29.0 Å². The highest BCUT2D eigenvalue weighted by molar-refractivity contribution is 7.99. The third-order valence-electron chi connectivity index (χ3n) is 1.83. The van der Waals surface area contributed by atoms with Gasteiger partial charge in [0.1, 0.15) is 15.7 Å². The molecule has 3 nitrogen and oxygen atoms in total. The Labute approximate surface area is 103 Å². The van der Waals surface area contributed by atoms with Gasteiger partial charge in [-0.3, -0.25) is 4.98 Å². The smallest absolute Gasteiger partial charge is 0.124 e. The topological polar surface area (TPSA) is 51.8 Å². The Hall–Kier alpha value is -1.46. The van der Waals surface area contributed by atoms with E-state index < -0.39 is 0 Å². The number of thiocarbonyl (C=S) groups is 1. The van der Waals surface area contributed by atoms with Crippen molar-refractivity contribution < 1.29 is 0 Å². The molecular formula is C11H9N3S2. The zero-order valence-corrected chi connectivity index (χ0v) is 9.96. The van der Waals surface area contributed by atoms with Crippen LogP contribution < -0.4 is 5.73 Å². The van der Waals surface area contributed by atoms with Gasteiger partial charge in [0.15, 0.2) is 0 Å². The molecule has 1 aromatic carbocycles. The maximum atomic E-state index is 5.50. The third-order valence-corrected chi connectivity index (χ3v) is 2.95. The van der Waals surface area contributed by atoms with E-state index in [0.29, 0.717) is 5.69 Å². The van der Waals surface area contributed by atoms with Gasteiger partial charge < -0.3 is 5.73 Å². The van der Waals surface area contributed by atoms with Crippen molar-refractivity contribution in [2.24, 2.45) is 5.73 Å². The lowest BCUT2D eigenvalue weighted by molar-refractivity contribution is 1.04. The van der Waals surface area contributed by atoms with Crippen LogP contribution in [-0.4, -0.2) is 15.0 Å². The maximum absolute atomic E-state index is 5.50. The molecule has 0 bridgehead atoms. The summed E-state index contributed by atoms with van der Waals surface area (Å²) < 4.78 is 0. The fourth-order valence-electron chi connectivity index (χ4n) is 1.13. The van der Waals surface area contributed by atoms with E-state index in [1.807, 2.05) is 30.3 Å². The Morgan fingerprint density at radius 1 is 1.19 bits per heavy atom. The van der Waals surface area contributed by atoms with Gasteiger partial charge in [-0.25, -0.2) is 4.98 Å². The minimum atomic E-state index is 0.267. The molecule has 0 aliphatic carbocycles. The SMILES string of the molecule is NC(=S)c1cncc(Sc2ccccc2)n1. The predicted octanol–water partition coefficient (Wildman–Crippen LogP) is 2.26. The Morgan fingerprint density at radius 2 is 1.94 bits per heavy atom. The molecule has 0 spiro atoms. The second-order valence-electron chi connectivity index (χ2n) is 3.02. The molecule has 0 saturated heterocycles. The minimum absolute atomic E-state index is 0.267. The summed E-state index contributed by atoms with van der Waals surface area (Å²) in [5.74, 6) is 0. The first kappa shape index (κ1) is 11.0. The molecule has 5 heteroatoms. The van der Waals surface area contributed by atoms with Crippen molar-refractivity contribution in [1.82, 2.24) is 9.97 Å². The molecular weight excluding hydrogens is 238 g/mol. The fraction of sp³-hybridized carbons (Fsp3) is 0. The molecule has 0 atom stereocenters. The van der Waals surface area contributed by atoms with Crippen LogP contribution in [0.5, 0.6) is 0 Å². The number of rotatable bonds is 3. The summed E-state index contributed by atoms with van der Waals surface area (Å²) in [6.07, 6.45) is 3.26. The molecule has 2 aromatic rings. The van der Waals surface area contributed by atoms with Crippen molar-refractivity contribution in [2.75, 3.05) is 0 Å². The Bertz CT molecular complexity index is 500. The van der Waals surface area contributed by atoms with Crippen LogP contribution in [0, 0.1) is 0 Å². The highest BCUT2D eigenvalue weighted by atomic mass is 32.2. The summed E-state index contributed by atoms with van der Waals surface area (Å²) in [7, 11) is 0. The highest BCUT2D eigenvalue weighted by Crippen LogP contribution is 2.24. The highest BCUT2D eigenvalue weighted by Gasteiger charge is 2.02. The molecule has 0 aliphatic heterocycles. The van der Waals surface area contributed by atoms with E-state index >= 15 is 0 Å². The number of nitrogens with two attached hydrogens (primary N) is 1. The van der Waals surface area contributed by atoms with Crippen LogP contribution >= 0.6 is 24.0 Å². The summed E-state index contributed by atoms with van der Waals surface area (Å²) in [4.78, 5) is 9.73. The molecule has 0 saturated carbocycles. The first-order chi connectivity index (χ1) is 7.75. The van der Waals surface area contributed by atoms with Gasteiger partial charge in [0.2, 0.25) is 0 Å². The lowest BCUT2D eigenvalue weighted by Crippen LogP contribution is -2.12. The number of aromatic nitrogens is 2. The van der Waals surface area contributed by atoms with Crippen LogP contribution in [0.2, 0.25) is 0 Å². The lowest BCUT2D eigenvalue weighted by Gasteiger charge is -2.02. The molecule has 0 unspecified atom stereocenters. The number of nitrogens with zero attached hydrogens (tertiary/aromatic N) is 2. The van der Waals surface area contributed by atoms with E-state index in [0.717, 1.165) is 9.92 Å². The normalized spacial score (nSPS) is 10.0. The van der Waals surface area contributed by atoms with Gasteiger partial charge in [0.25, 0.3) is 0 Å². The second-order valence-corrected chi connectivity index (χ2v) is 4.56. The van der Waals surface area contributed by atoms with E-state index in [4.69, 9.17) is 18.0 Å². The molecule has 0 aliphatic rings. The lowest BCUT2D eigenvalue weighted by atomic mass is 10.4. The van der Waals surface area contributed by atoms with Gasteiger partial charge >= 0.3 is 0 Å². The van der Waals surface area contributed by atoms with Crippen LogP contribution in [-0.2, 0) is 0 Å². The van der Waals surface area contributed by atoms with Crippen molar-refractivity contribution in [1.29, 1.82) is 0 Å². The molecule has 0 amide bonds. The first-order valence-corrected chi connectivity index (χ1v) is 5.83. The van der Waals surface area contributed by atoms with E-state index in [1.165, 1.54) is 11.8 Å². The maximum Gasteiger partial charge on any atom is 0.124 e.